The van der Waals surface area contributed by atoms with Crippen LogP contribution in [0.3, 0.4) is 0 Å². The quantitative estimate of drug-likeness (QED) is 0.400. The molecule has 1 fully saturated rings. The molecule has 0 spiro atoms. The smallest absolute Gasteiger partial charge is 0.378 e. The standard InChI is InChI=1S/C15H20F4N4O4/c16-5-6-27-13-14(12(21)24,7-10(23(25)26)11(20)22-13)8-1-3-9(4-2-8)15(17,18)19/h7-9,13H,1-6H2,(H2,20,22)(H2,21,24). The number of halogens is 4. The molecule has 1 heterocycles. The SMILES string of the molecule is NC(=O)C1(C2CCC(C(F)(F)F)CC2)C=C([N+](=O)[O-])C(N)=NC1OCCF. The van der Waals surface area contributed by atoms with E-state index in [4.69, 9.17) is 16.2 Å². The second-order valence-electron chi connectivity index (χ2n) is 6.60. The lowest BCUT2D eigenvalue weighted by Crippen LogP contribution is -2.55. The Bertz CT molecular complexity index is 659. The van der Waals surface area contributed by atoms with Crippen LogP contribution >= 0.6 is 0 Å². The molecule has 2 atom stereocenters. The molecule has 0 aromatic rings. The average Bonchev–Trinajstić information content (AvgIpc) is 2.59. The van der Waals surface area contributed by atoms with Gasteiger partial charge in [0.1, 0.15) is 12.1 Å². The molecule has 2 unspecified atom stereocenters. The highest BCUT2D eigenvalue weighted by Gasteiger charge is 2.56. The monoisotopic (exact) mass is 396 g/mol. The van der Waals surface area contributed by atoms with E-state index in [-0.39, 0.29) is 25.7 Å². The number of rotatable bonds is 6. The number of ether oxygens (including phenoxy) is 1. The van der Waals surface area contributed by atoms with Crippen molar-refractivity contribution in [2.24, 2.45) is 33.7 Å². The molecule has 4 N–H and O–H groups in total. The number of aliphatic imine (C=N–C) groups is 1. The largest absolute Gasteiger partial charge is 0.391 e. The first-order valence-electron chi connectivity index (χ1n) is 8.29. The molecule has 0 bridgehead atoms. The van der Waals surface area contributed by atoms with Crippen molar-refractivity contribution in [1.29, 1.82) is 0 Å². The van der Waals surface area contributed by atoms with E-state index in [0.29, 0.717) is 0 Å². The second-order valence-corrected chi connectivity index (χ2v) is 6.60. The van der Waals surface area contributed by atoms with E-state index in [9.17, 15) is 32.5 Å². The number of carbonyl (C=O) groups excluding carboxylic acids is 1. The van der Waals surface area contributed by atoms with E-state index in [1.54, 1.807) is 0 Å². The fraction of sp³-hybridized carbons (Fsp3) is 0.733. The minimum absolute atomic E-state index is 0.0699. The van der Waals surface area contributed by atoms with Gasteiger partial charge in [-0.25, -0.2) is 9.38 Å². The molecule has 8 nitrogen and oxygen atoms in total. The zero-order valence-electron chi connectivity index (χ0n) is 14.2. The van der Waals surface area contributed by atoms with E-state index >= 15 is 0 Å². The lowest BCUT2D eigenvalue weighted by atomic mass is 9.64. The number of dihydropyridines is 1. The van der Waals surface area contributed by atoms with Crippen molar-refractivity contribution in [2.45, 2.75) is 38.1 Å². The summed E-state index contributed by atoms with van der Waals surface area (Å²) in [5, 5.41) is 11.2. The highest BCUT2D eigenvalue weighted by Crippen LogP contribution is 2.49. The van der Waals surface area contributed by atoms with Crippen molar-refractivity contribution in [2.75, 3.05) is 13.3 Å². The van der Waals surface area contributed by atoms with Gasteiger partial charge in [-0.3, -0.25) is 14.9 Å². The Kier molecular flexibility index (Phi) is 6.07. The Morgan fingerprint density at radius 1 is 1.37 bits per heavy atom. The third-order valence-corrected chi connectivity index (χ3v) is 5.14. The van der Waals surface area contributed by atoms with Crippen LogP contribution in [-0.2, 0) is 9.53 Å². The first kappa shape index (κ1) is 21.1. The number of primary amides is 1. The van der Waals surface area contributed by atoms with Crippen LogP contribution in [0.2, 0.25) is 0 Å². The van der Waals surface area contributed by atoms with E-state index in [1.807, 2.05) is 0 Å². The molecule has 2 rings (SSSR count). The molecule has 0 aromatic carbocycles. The second kappa shape index (κ2) is 7.79. The Morgan fingerprint density at radius 3 is 2.41 bits per heavy atom. The lowest BCUT2D eigenvalue weighted by molar-refractivity contribution is -0.416. The van der Waals surface area contributed by atoms with E-state index in [1.165, 1.54) is 0 Å². The molecule has 27 heavy (non-hydrogen) atoms. The van der Waals surface area contributed by atoms with Gasteiger partial charge in [-0.1, -0.05) is 0 Å². The summed E-state index contributed by atoms with van der Waals surface area (Å²) in [4.78, 5) is 26.5. The summed E-state index contributed by atoms with van der Waals surface area (Å²) < 4.78 is 56.6. The van der Waals surface area contributed by atoms with Crippen LogP contribution in [0.25, 0.3) is 0 Å². The number of nitro groups is 1. The molecular weight excluding hydrogens is 376 g/mol. The van der Waals surface area contributed by atoms with Crippen molar-refractivity contribution in [3.05, 3.63) is 21.9 Å². The Hall–Kier alpha value is -2.24. The van der Waals surface area contributed by atoms with E-state index in [0.717, 1.165) is 6.08 Å². The van der Waals surface area contributed by atoms with Crippen molar-refractivity contribution >= 4 is 11.7 Å². The summed E-state index contributed by atoms with van der Waals surface area (Å²) in [6, 6.07) is 0. The molecule has 152 valence electrons. The number of hydrogen-bond acceptors (Lipinski definition) is 6. The number of nitrogens with zero attached hydrogens (tertiary/aromatic N) is 2. The molecule has 0 aromatic heterocycles. The first-order valence-corrected chi connectivity index (χ1v) is 8.29. The third-order valence-electron chi connectivity index (χ3n) is 5.14. The van der Waals surface area contributed by atoms with Crippen LogP contribution in [0.5, 0.6) is 0 Å². The van der Waals surface area contributed by atoms with Gasteiger partial charge >= 0.3 is 11.9 Å². The van der Waals surface area contributed by atoms with Gasteiger partial charge in [-0.2, -0.15) is 13.2 Å². The summed E-state index contributed by atoms with van der Waals surface area (Å²) in [5.74, 6) is -3.88. The van der Waals surface area contributed by atoms with Crippen molar-refractivity contribution in [3.8, 4) is 0 Å². The van der Waals surface area contributed by atoms with Crippen molar-refractivity contribution < 1.29 is 32.0 Å². The van der Waals surface area contributed by atoms with E-state index in [2.05, 4.69) is 4.99 Å². The van der Waals surface area contributed by atoms with Crippen LogP contribution in [0.4, 0.5) is 17.6 Å². The molecule has 1 aliphatic carbocycles. The van der Waals surface area contributed by atoms with Crippen LogP contribution in [0, 0.1) is 27.4 Å². The third kappa shape index (κ3) is 4.04. The van der Waals surface area contributed by atoms with Gasteiger partial charge in [0.25, 0.3) is 0 Å². The number of hydrogen-bond donors (Lipinski definition) is 2. The molecule has 12 heteroatoms. The molecular formula is C15H20F4N4O4. The van der Waals surface area contributed by atoms with Crippen LogP contribution in [0.1, 0.15) is 25.7 Å². The zero-order chi connectivity index (χ0) is 20.4. The van der Waals surface area contributed by atoms with Crippen LogP contribution in [0.15, 0.2) is 16.8 Å². The minimum atomic E-state index is -4.37. The highest BCUT2D eigenvalue weighted by atomic mass is 19.4. The van der Waals surface area contributed by atoms with Gasteiger partial charge in [0.15, 0.2) is 6.23 Å². The van der Waals surface area contributed by atoms with Crippen molar-refractivity contribution in [1.82, 2.24) is 0 Å². The molecule has 0 radical (unpaired) electrons. The van der Waals surface area contributed by atoms with Gasteiger partial charge in [-0.05, 0) is 31.6 Å². The van der Waals surface area contributed by atoms with Gasteiger partial charge < -0.3 is 16.2 Å². The van der Waals surface area contributed by atoms with Crippen molar-refractivity contribution in [3.63, 3.8) is 0 Å². The predicted octanol–water partition coefficient (Wildman–Crippen LogP) is 1.67. The zero-order valence-corrected chi connectivity index (χ0v) is 14.2. The maximum absolute atomic E-state index is 12.9. The lowest BCUT2D eigenvalue weighted by Gasteiger charge is -2.43. The summed E-state index contributed by atoms with van der Waals surface area (Å²) in [6.45, 7) is -1.40. The highest BCUT2D eigenvalue weighted by molar-refractivity contribution is 5.98. The number of alkyl halides is 4. The average molecular weight is 396 g/mol. The number of nitrogens with two attached hydrogens (primary N) is 2. The number of amidine groups is 1. The van der Waals surface area contributed by atoms with E-state index < -0.39 is 65.3 Å². The minimum Gasteiger partial charge on any atom is -0.378 e. The first-order chi connectivity index (χ1) is 12.5. The fourth-order valence-electron chi connectivity index (χ4n) is 3.76. The Morgan fingerprint density at radius 2 is 1.96 bits per heavy atom. The van der Waals surface area contributed by atoms with Gasteiger partial charge in [0.2, 0.25) is 11.7 Å². The summed E-state index contributed by atoms with van der Waals surface area (Å²) in [6.07, 6.45) is -5.56. The molecule has 2 aliphatic rings. The Balaban J connectivity index is 2.42. The molecule has 1 saturated carbocycles. The molecule has 0 saturated heterocycles. The normalized spacial score (nSPS) is 31.8. The van der Waals surface area contributed by atoms with Crippen LogP contribution in [-0.4, -0.2) is 42.4 Å². The number of carbonyl (C=O) groups is 1. The topological polar surface area (TPSA) is 134 Å². The maximum atomic E-state index is 12.9. The maximum Gasteiger partial charge on any atom is 0.391 e. The summed E-state index contributed by atoms with van der Waals surface area (Å²) >= 11 is 0. The number of amides is 1. The fourth-order valence-corrected chi connectivity index (χ4v) is 3.76. The van der Waals surface area contributed by atoms with Gasteiger partial charge in [-0.15, -0.1) is 0 Å². The summed E-state index contributed by atoms with van der Waals surface area (Å²) in [5.41, 5.74) is 8.50. The molecule has 1 aliphatic heterocycles. The molecule has 1 amide bonds. The van der Waals surface area contributed by atoms with Crippen LogP contribution < -0.4 is 11.5 Å². The van der Waals surface area contributed by atoms with Gasteiger partial charge in [0.05, 0.1) is 17.4 Å². The Labute approximate surface area is 151 Å². The summed E-state index contributed by atoms with van der Waals surface area (Å²) in [7, 11) is 0. The predicted molar refractivity (Wildman–Crippen MR) is 85.5 cm³/mol. The van der Waals surface area contributed by atoms with Gasteiger partial charge in [0, 0.05) is 6.08 Å².